The van der Waals surface area contributed by atoms with Crippen LogP contribution in [0, 0.1) is 4.64 Å². The summed E-state index contributed by atoms with van der Waals surface area (Å²) in [6, 6.07) is 1.60. The van der Waals surface area contributed by atoms with Crippen LogP contribution >= 0.6 is 51.3 Å². The average Bonchev–Trinajstić information content (AvgIpc) is 2.22. The predicted molar refractivity (Wildman–Crippen MR) is 70.4 cm³/mol. The molecular weight excluding hydrogens is 333 g/mol. The van der Waals surface area contributed by atoms with Crippen molar-refractivity contribution in [2.24, 2.45) is 0 Å². The lowest BCUT2D eigenvalue weighted by atomic mass is 10.3. The minimum Gasteiger partial charge on any atom is -0.328 e. The van der Waals surface area contributed by atoms with Gasteiger partial charge in [-0.05, 0) is 22.0 Å². The van der Waals surface area contributed by atoms with Crippen LogP contribution in [0.15, 0.2) is 22.9 Å². The van der Waals surface area contributed by atoms with E-state index in [9.17, 15) is 0 Å². The summed E-state index contributed by atoms with van der Waals surface area (Å²) in [6.45, 7) is 0. The summed E-state index contributed by atoms with van der Waals surface area (Å²) in [5, 5.41) is 0.900. The number of halogens is 3. The summed E-state index contributed by atoms with van der Waals surface area (Å²) in [7, 11) is 0. The van der Waals surface area contributed by atoms with Crippen molar-refractivity contribution in [1.29, 1.82) is 0 Å². The number of nitrogens with zero attached hydrogens (tertiary/aromatic N) is 2. The third-order valence-electron chi connectivity index (χ3n) is 1.79. The van der Waals surface area contributed by atoms with E-state index in [1.807, 2.05) is 0 Å². The highest BCUT2D eigenvalue weighted by atomic mass is 79.9. The largest absolute Gasteiger partial charge is 0.328 e. The second kappa shape index (κ2) is 4.79. The lowest BCUT2D eigenvalue weighted by Crippen LogP contribution is -1.93. The Morgan fingerprint density at radius 1 is 1.25 bits per heavy atom. The number of rotatable bonds is 1. The van der Waals surface area contributed by atoms with Crippen LogP contribution in [0.1, 0.15) is 0 Å². The van der Waals surface area contributed by atoms with Gasteiger partial charge in [0.1, 0.15) is 10.3 Å². The summed E-state index contributed by atoms with van der Waals surface area (Å²) in [5.41, 5.74) is 0.518. The number of H-pyrrole nitrogens is 1. The number of pyridine rings is 1. The summed E-state index contributed by atoms with van der Waals surface area (Å²) < 4.78 is 1.26. The van der Waals surface area contributed by atoms with Crippen molar-refractivity contribution in [3.63, 3.8) is 0 Å². The summed E-state index contributed by atoms with van der Waals surface area (Å²) in [4.78, 5) is 11.2. The Kier molecular flexibility index (Phi) is 3.59. The topological polar surface area (TPSA) is 41.6 Å². The third-order valence-corrected chi connectivity index (χ3v) is 3.47. The van der Waals surface area contributed by atoms with Crippen LogP contribution in [0.4, 0.5) is 0 Å². The second-order valence-corrected chi connectivity index (χ2v) is 5.00. The van der Waals surface area contributed by atoms with E-state index in [0.29, 0.717) is 26.2 Å². The van der Waals surface area contributed by atoms with Crippen molar-refractivity contribution in [2.75, 3.05) is 0 Å². The van der Waals surface area contributed by atoms with Gasteiger partial charge in [-0.1, -0.05) is 35.4 Å². The van der Waals surface area contributed by atoms with Gasteiger partial charge in [0, 0.05) is 12.4 Å². The first kappa shape index (κ1) is 12.0. The van der Waals surface area contributed by atoms with E-state index < -0.39 is 0 Å². The van der Waals surface area contributed by atoms with E-state index in [1.165, 1.54) is 6.20 Å². The summed E-state index contributed by atoms with van der Waals surface area (Å²) >= 11 is 20.1. The van der Waals surface area contributed by atoms with Crippen LogP contribution in [0.2, 0.25) is 10.0 Å². The fraction of sp³-hybridized carbons (Fsp3) is 0. The molecule has 0 radical (unpaired) electrons. The zero-order valence-corrected chi connectivity index (χ0v) is 11.6. The Hall–Kier alpha value is -0.490. The molecule has 0 fully saturated rings. The molecule has 2 aromatic rings. The minimum atomic E-state index is 0.424. The number of aromatic nitrogens is 3. The fourth-order valence-electron chi connectivity index (χ4n) is 1.09. The first-order valence-electron chi connectivity index (χ1n) is 4.14. The maximum atomic E-state index is 6.00. The van der Waals surface area contributed by atoms with Gasteiger partial charge < -0.3 is 4.98 Å². The lowest BCUT2D eigenvalue weighted by molar-refractivity contribution is 1.11. The van der Waals surface area contributed by atoms with Crippen molar-refractivity contribution in [1.82, 2.24) is 15.0 Å². The Bertz CT molecular complexity index is 600. The van der Waals surface area contributed by atoms with Gasteiger partial charge in [0.25, 0.3) is 0 Å². The van der Waals surface area contributed by atoms with Crippen molar-refractivity contribution in [3.05, 3.63) is 37.6 Å². The Morgan fingerprint density at radius 2 is 2.00 bits per heavy atom. The fourth-order valence-corrected chi connectivity index (χ4v) is 1.91. The Balaban J connectivity index is 2.59. The van der Waals surface area contributed by atoms with Crippen LogP contribution in [0.3, 0.4) is 0 Å². The normalized spacial score (nSPS) is 10.4. The van der Waals surface area contributed by atoms with Crippen LogP contribution in [0.25, 0.3) is 11.5 Å². The first-order chi connectivity index (χ1) is 7.58. The van der Waals surface area contributed by atoms with Gasteiger partial charge in [-0.15, -0.1) is 0 Å². The molecule has 0 spiro atoms. The SMILES string of the molecule is S=c1[nH]c(-c2ncc(Cl)cc2Cl)ncc1Br. The van der Waals surface area contributed by atoms with Gasteiger partial charge in [-0.3, -0.25) is 0 Å². The average molecular weight is 337 g/mol. The van der Waals surface area contributed by atoms with Crippen molar-refractivity contribution in [3.8, 4) is 11.5 Å². The Morgan fingerprint density at radius 3 is 2.62 bits per heavy atom. The summed E-state index contributed by atoms with van der Waals surface area (Å²) in [5.74, 6) is 0.509. The van der Waals surface area contributed by atoms with Gasteiger partial charge in [0.15, 0.2) is 5.82 Å². The monoisotopic (exact) mass is 335 g/mol. The van der Waals surface area contributed by atoms with Crippen molar-refractivity contribution >= 4 is 51.3 Å². The highest BCUT2D eigenvalue weighted by Crippen LogP contribution is 2.25. The van der Waals surface area contributed by atoms with Gasteiger partial charge >= 0.3 is 0 Å². The molecule has 0 saturated heterocycles. The molecule has 0 aliphatic carbocycles. The molecule has 2 heterocycles. The molecule has 3 nitrogen and oxygen atoms in total. The minimum absolute atomic E-state index is 0.424. The number of nitrogens with one attached hydrogen (secondary N) is 1. The van der Waals surface area contributed by atoms with Crippen LogP contribution < -0.4 is 0 Å². The van der Waals surface area contributed by atoms with Gasteiger partial charge in [-0.25, -0.2) is 9.97 Å². The smallest absolute Gasteiger partial charge is 0.158 e. The predicted octanol–water partition coefficient (Wildman–Crippen LogP) is 4.27. The van der Waals surface area contributed by atoms with E-state index in [4.69, 9.17) is 35.4 Å². The zero-order chi connectivity index (χ0) is 11.7. The number of hydrogen-bond donors (Lipinski definition) is 1. The molecule has 0 aliphatic heterocycles. The quantitative estimate of drug-likeness (QED) is 0.790. The second-order valence-electron chi connectivity index (χ2n) is 2.89. The lowest BCUT2D eigenvalue weighted by Gasteiger charge is -2.03. The number of aromatic amines is 1. The van der Waals surface area contributed by atoms with Gasteiger partial charge in [0.05, 0.1) is 14.5 Å². The molecule has 7 heteroatoms. The van der Waals surface area contributed by atoms with Crippen LogP contribution in [-0.2, 0) is 0 Å². The molecule has 0 aliphatic rings. The third kappa shape index (κ3) is 2.43. The highest BCUT2D eigenvalue weighted by Gasteiger charge is 2.08. The molecule has 0 unspecified atom stereocenters. The molecule has 82 valence electrons. The van der Waals surface area contributed by atoms with Crippen LogP contribution in [0.5, 0.6) is 0 Å². The highest BCUT2D eigenvalue weighted by molar-refractivity contribution is 9.10. The molecule has 1 N–H and O–H groups in total. The molecule has 0 atom stereocenters. The molecule has 0 bridgehead atoms. The van der Waals surface area contributed by atoms with Crippen molar-refractivity contribution < 1.29 is 0 Å². The standard InChI is InChI=1S/C9H4BrCl2N3S/c10-5-3-14-8(15-9(5)16)7-6(12)1-4(11)2-13-7/h1-3H,(H,14,15,16). The maximum absolute atomic E-state index is 6.00. The first-order valence-corrected chi connectivity index (χ1v) is 6.10. The molecule has 0 saturated carbocycles. The molecular formula is C9H4BrCl2N3S. The van der Waals surface area contributed by atoms with E-state index >= 15 is 0 Å². The van der Waals surface area contributed by atoms with Crippen LogP contribution in [-0.4, -0.2) is 15.0 Å². The molecule has 16 heavy (non-hydrogen) atoms. The van der Waals surface area contributed by atoms with Gasteiger partial charge in [0.2, 0.25) is 0 Å². The van der Waals surface area contributed by atoms with E-state index in [2.05, 4.69) is 30.9 Å². The molecule has 2 aromatic heterocycles. The molecule has 0 aromatic carbocycles. The summed E-state index contributed by atoms with van der Waals surface area (Å²) in [6.07, 6.45) is 3.10. The van der Waals surface area contributed by atoms with E-state index in [-0.39, 0.29) is 0 Å². The van der Waals surface area contributed by atoms with E-state index in [1.54, 1.807) is 12.3 Å². The van der Waals surface area contributed by atoms with E-state index in [0.717, 1.165) is 4.47 Å². The van der Waals surface area contributed by atoms with Gasteiger partial charge in [-0.2, -0.15) is 0 Å². The number of hydrogen-bond acceptors (Lipinski definition) is 3. The van der Waals surface area contributed by atoms with Crippen molar-refractivity contribution in [2.45, 2.75) is 0 Å². The Labute approximate surface area is 115 Å². The molecule has 2 rings (SSSR count). The molecule has 0 amide bonds. The zero-order valence-electron chi connectivity index (χ0n) is 7.67. The maximum Gasteiger partial charge on any atom is 0.158 e.